The van der Waals surface area contributed by atoms with E-state index in [1.165, 1.54) is 0 Å². The second kappa shape index (κ2) is 8.14. The summed E-state index contributed by atoms with van der Waals surface area (Å²) in [6.45, 7) is 2.29. The van der Waals surface area contributed by atoms with Gasteiger partial charge in [-0.1, -0.05) is 23.7 Å². The molecule has 0 atom stereocenters. The zero-order chi connectivity index (χ0) is 22.2. The molecule has 0 saturated carbocycles. The number of nitrogens with zero attached hydrogens (tertiary/aromatic N) is 3. The van der Waals surface area contributed by atoms with Crippen LogP contribution in [0.4, 0.5) is 5.69 Å². The molecule has 3 heterocycles. The number of methoxy groups -OCH3 is 1. The molecule has 32 heavy (non-hydrogen) atoms. The number of benzene rings is 2. The van der Waals surface area contributed by atoms with Crippen LogP contribution in [-0.2, 0) is 17.8 Å². The van der Waals surface area contributed by atoms with E-state index in [0.29, 0.717) is 52.6 Å². The van der Waals surface area contributed by atoms with Gasteiger partial charge in [0.25, 0.3) is 5.89 Å². The van der Waals surface area contributed by atoms with Crippen molar-refractivity contribution in [3.63, 3.8) is 0 Å². The SMILES string of the molecule is CCc1noc(-c2ncc3[nH]c4ccc(Oc5ccc(N)cc5Cl)cc4c3c2COC)n1. The molecule has 0 aliphatic rings. The van der Waals surface area contributed by atoms with E-state index < -0.39 is 0 Å². The van der Waals surface area contributed by atoms with Gasteiger partial charge in [0.1, 0.15) is 17.2 Å². The van der Waals surface area contributed by atoms with Crippen LogP contribution in [0.15, 0.2) is 47.1 Å². The van der Waals surface area contributed by atoms with Gasteiger partial charge in [0.05, 0.1) is 23.3 Å². The maximum Gasteiger partial charge on any atom is 0.276 e. The molecule has 9 heteroatoms. The van der Waals surface area contributed by atoms with E-state index in [2.05, 4.69) is 20.1 Å². The lowest BCUT2D eigenvalue weighted by molar-refractivity contribution is 0.186. The molecule has 3 aromatic heterocycles. The van der Waals surface area contributed by atoms with Gasteiger partial charge >= 0.3 is 0 Å². The quantitative estimate of drug-likeness (QED) is 0.329. The molecule has 0 amide bonds. The first-order chi connectivity index (χ1) is 15.6. The van der Waals surface area contributed by atoms with E-state index >= 15 is 0 Å². The molecule has 0 unspecified atom stereocenters. The van der Waals surface area contributed by atoms with Gasteiger partial charge < -0.3 is 24.7 Å². The molecule has 0 radical (unpaired) electrons. The Morgan fingerprint density at radius 3 is 2.78 bits per heavy atom. The van der Waals surface area contributed by atoms with Crippen molar-refractivity contribution in [1.82, 2.24) is 20.1 Å². The fraction of sp³-hybridized carbons (Fsp3) is 0.174. The predicted octanol–water partition coefficient (Wildman–Crippen LogP) is 5.50. The average molecular weight is 450 g/mol. The topological polar surface area (TPSA) is 112 Å². The molecule has 0 spiro atoms. The maximum absolute atomic E-state index is 6.28. The number of fused-ring (bicyclic) bond motifs is 3. The van der Waals surface area contributed by atoms with Crippen LogP contribution in [-0.4, -0.2) is 27.2 Å². The van der Waals surface area contributed by atoms with E-state index in [-0.39, 0.29) is 0 Å². The average Bonchev–Trinajstić information content (AvgIpc) is 3.40. The molecule has 0 saturated heterocycles. The van der Waals surface area contributed by atoms with Gasteiger partial charge in [-0.3, -0.25) is 0 Å². The number of pyridine rings is 1. The number of nitrogen functional groups attached to an aromatic ring is 1. The van der Waals surface area contributed by atoms with Crippen molar-refractivity contribution in [1.29, 1.82) is 0 Å². The first-order valence-electron chi connectivity index (χ1n) is 10.1. The van der Waals surface area contributed by atoms with Crippen molar-refractivity contribution in [3.05, 3.63) is 59.0 Å². The third-order valence-electron chi connectivity index (χ3n) is 5.17. The fourth-order valence-corrected chi connectivity index (χ4v) is 3.92. The number of halogens is 1. The zero-order valence-electron chi connectivity index (χ0n) is 17.5. The summed E-state index contributed by atoms with van der Waals surface area (Å²) >= 11 is 6.28. The van der Waals surface area contributed by atoms with Crippen LogP contribution >= 0.6 is 11.6 Å². The van der Waals surface area contributed by atoms with Gasteiger partial charge in [-0.25, -0.2) is 4.98 Å². The Balaban J connectivity index is 1.67. The summed E-state index contributed by atoms with van der Waals surface area (Å²) in [4.78, 5) is 12.4. The van der Waals surface area contributed by atoms with Gasteiger partial charge in [-0.2, -0.15) is 4.98 Å². The highest BCUT2D eigenvalue weighted by molar-refractivity contribution is 6.32. The second-order valence-corrected chi connectivity index (χ2v) is 7.71. The smallest absolute Gasteiger partial charge is 0.276 e. The zero-order valence-corrected chi connectivity index (χ0v) is 18.2. The lowest BCUT2D eigenvalue weighted by Crippen LogP contribution is -1.97. The van der Waals surface area contributed by atoms with Crippen molar-refractivity contribution in [3.8, 4) is 23.1 Å². The van der Waals surface area contributed by atoms with E-state index in [4.69, 9.17) is 31.3 Å². The van der Waals surface area contributed by atoms with Gasteiger partial charge in [0.2, 0.25) is 0 Å². The van der Waals surface area contributed by atoms with E-state index in [1.807, 2.05) is 25.1 Å². The van der Waals surface area contributed by atoms with Crippen LogP contribution in [0.3, 0.4) is 0 Å². The first-order valence-corrected chi connectivity index (χ1v) is 10.4. The van der Waals surface area contributed by atoms with Gasteiger partial charge in [-0.15, -0.1) is 0 Å². The highest BCUT2D eigenvalue weighted by atomic mass is 35.5. The van der Waals surface area contributed by atoms with E-state index in [0.717, 1.165) is 27.4 Å². The Kier molecular flexibility index (Phi) is 5.16. The van der Waals surface area contributed by atoms with E-state index in [1.54, 1.807) is 31.5 Å². The summed E-state index contributed by atoms with van der Waals surface area (Å²) in [5.41, 5.74) is 9.61. The third-order valence-corrected chi connectivity index (χ3v) is 5.46. The number of rotatable bonds is 6. The third kappa shape index (κ3) is 3.53. The molecule has 2 aromatic carbocycles. The molecule has 3 N–H and O–H groups in total. The Bertz CT molecular complexity index is 1440. The number of aromatic amines is 1. The Morgan fingerprint density at radius 1 is 1.16 bits per heavy atom. The summed E-state index contributed by atoms with van der Waals surface area (Å²) in [5, 5.41) is 6.35. The molecule has 5 rings (SSSR count). The number of anilines is 1. The van der Waals surface area contributed by atoms with Crippen LogP contribution < -0.4 is 10.5 Å². The summed E-state index contributed by atoms with van der Waals surface area (Å²) < 4.78 is 17.0. The fourth-order valence-electron chi connectivity index (χ4n) is 3.69. The minimum absolute atomic E-state index is 0.325. The number of nitrogens with one attached hydrogen (secondary N) is 1. The normalized spacial score (nSPS) is 11.5. The number of aryl methyl sites for hydroxylation is 1. The van der Waals surface area contributed by atoms with Gasteiger partial charge in [0, 0.05) is 41.1 Å². The standard InChI is InChI=1S/C23H20ClN5O3/c1-3-20-28-23(32-29-20)22-15(11-30-2)21-14-9-13(5-6-17(14)27-18(21)10-26-22)31-19-7-4-12(25)8-16(19)24/h4-10,27H,3,11,25H2,1-2H3. The lowest BCUT2D eigenvalue weighted by Gasteiger charge is -2.09. The molecule has 8 nitrogen and oxygen atoms in total. The second-order valence-electron chi connectivity index (χ2n) is 7.30. The Labute approximate surface area is 188 Å². The van der Waals surface area contributed by atoms with Crippen molar-refractivity contribution < 1.29 is 14.0 Å². The minimum Gasteiger partial charge on any atom is -0.456 e. The molecule has 0 aliphatic carbocycles. The van der Waals surface area contributed by atoms with Gasteiger partial charge in [0.15, 0.2) is 5.82 Å². The van der Waals surface area contributed by atoms with Crippen LogP contribution in [0.5, 0.6) is 11.5 Å². The van der Waals surface area contributed by atoms with Crippen LogP contribution in [0.1, 0.15) is 18.3 Å². The molecule has 0 fully saturated rings. The van der Waals surface area contributed by atoms with Crippen molar-refractivity contribution >= 4 is 39.1 Å². The monoisotopic (exact) mass is 449 g/mol. The number of hydrogen-bond acceptors (Lipinski definition) is 7. The van der Waals surface area contributed by atoms with Crippen LogP contribution in [0, 0.1) is 0 Å². The van der Waals surface area contributed by atoms with Crippen LogP contribution in [0.2, 0.25) is 5.02 Å². The van der Waals surface area contributed by atoms with Crippen molar-refractivity contribution in [2.24, 2.45) is 0 Å². The minimum atomic E-state index is 0.325. The summed E-state index contributed by atoms with van der Waals surface area (Å²) in [6.07, 6.45) is 2.43. The van der Waals surface area contributed by atoms with E-state index in [9.17, 15) is 0 Å². The largest absolute Gasteiger partial charge is 0.456 e. The summed E-state index contributed by atoms with van der Waals surface area (Å²) in [5.74, 6) is 2.15. The van der Waals surface area contributed by atoms with Crippen LogP contribution in [0.25, 0.3) is 33.4 Å². The number of nitrogens with two attached hydrogens (primary N) is 1. The number of aromatic nitrogens is 4. The number of hydrogen-bond donors (Lipinski definition) is 2. The molecule has 5 aromatic rings. The van der Waals surface area contributed by atoms with Crippen molar-refractivity contribution in [2.75, 3.05) is 12.8 Å². The number of ether oxygens (including phenoxy) is 2. The molecule has 0 aliphatic heterocycles. The molecule has 0 bridgehead atoms. The predicted molar refractivity (Wildman–Crippen MR) is 123 cm³/mol. The summed E-state index contributed by atoms with van der Waals surface area (Å²) in [6, 6.07) is 10.9. The molecular weight excluding hydrogens is 430 g/mol. The maximum atomic E-state index is 6.28. The number of H-pyrrole nitrogens is 1. The van der Waals surface area contributed by atoms with Gasteiger partial charge in [-0.05, 0) is 36.4 Å². The highest BCUT2D eigenvalue weighted by Gasteiger charge is 2.20. The first kappa shape index (κ1) is 20.3. The highest BCUT2D eigenvalue weighted by Crippen LogP contribution is 2.37. The summed E-state index contributed by atoms with van der Waals surface area (Å²) in [7, 11) is 1.64. The Hall–Kier alpha value is -3.62. The molecular formula is C23H20ClN5O3. The van der Waals surface area contributed by atoms with Crippen molar-refractivity contribution in [2.45, 2.75) is 20.0 Å². The molecule has 162 valence electrons. The lowest BCUT2D eigenvalue weighted by atomic mass is 10.1. The Morgan fingerprint density at radius 2 is 2.03 bits per heavy atom.